The van der Waals surface area contributed by atoms with E-state index in [1.165, 1.54) is 11.1 Å². The Morgan fingerprint density at radius 2 is 1.90 bits per heavy atom. The summed E-state index contributed by atoms with van der Waals surface area (Å²) in [5.74, 6) is 0.266. The zero-order valence-corrected chi connectivity index (χ0v) is 12.8. The van der Waals surface area contributed by atoms with E-state index in [1.54, 1.807) is 0 Å². The van der Waals surface area contributed by atoms with Crippen LogP contribution in [0.5, 0.6) is 0 Å². The Bertz CT molecular complexity index is 448. The van der Waals surface area contributed by atoms with Crippen molar-refractivity contribution in [2.75, 3.05) is 13.2 Å². The number of ether oxygens (including phenoxy) is 1. The van der Waals surface area contributed by atoms with E-state index in [2.05, 4.69) is 45.0 Å². The maximum atomic E-state index is 12.4. The second-order valence-electron chi connectivity index (χ2n) is 5.82. The van der Waals surface area contributed by atoms with Crippen molar-refractivity contribution >= 4 is 5.91 Å². The molecule has 0 aromatic heterocycles. The van der Waals surface area contributed by atoms with Gasteiger partial charge >= 0.3 is 0 Å². The van der Waals surface area contributed by atoms with Crippen molar-refractivity contribution in [3.05, 3.63) is 35.4 Å². The molecule has 0 saturated carbocycles. The molecule has 2 atom stereocenters. The van der Waals surface area contributed by atoms with Crippen LogP contribution in [0, 0.1) is 6.92 Å². The van der Waals surface area contributed by atoms with Gasteiger partial charge in [0.1, 0.15) is 0 Å². The molecule has 3 nitrogen and oxygen atoms in total. The monoisotopic (exact) mass is 275 g/mol. The smallest absolute Gasteiger partial charge is 0.223 e. The van der Waals surface area contributed by atoms with Gasteiger partial charge < -0.3 is 9.64 Å². The summed E-state index contributed by atoms with van der Waals surface area (Å²) in [6, 6.07) is 8.80. The lowest BCUT2D eigenvalue weighted by molar-refractivity contribution is -0.144. The van der Waals surface area contributed by atoms with Gasteiger partial charge in [-0.3, -0.25) is 4.79 Å². The second kappa shape index (κ2) is 6.89. The van der Waals surface area contributed by atoms with Gasteiger partial charge in [0.05, 0.1) is 25.3 Å². The minimum Gasteiger partial charge on any atom is -0.377 e. The van der Waals surface area contributed by atoms with Gasteiger partial charge in [-0.25, -0.2) is 0 Å². The summed E-state index contributed by atoms with van der Waals surface area (Å²) >= 11 is 0. The van der Waals surface area contributed by atoms with E-state index in [9.17, 15) is 4.79 Å². The lowest BCUT2D eigenvalue weighted by atomic mass is 10.0. The summed E-state index contributed by atoms with van der Waals surface area (Å²) in [4.78, 5) is 14.4. The number of carbonyl (C=O) groups excluding carboxylic acids is 1. The Morgan fingerprint density at radius 3 is 2.55 bits per heavy atom. The van der Waals surface area contributed by atoms with E-state index in [0.717, 1.165) is 12.8 Å². The van der Waals surface area contributed by atoms with Crippen LogP contribution in [-0.2, 0) is 16.0 Å². The lowest BCUT2D eigenvalue weighted by Crippen LogP contribution is -2.52. The molecular formula is C17H25NO2. The van der Waals surface area contributed by atoms with Crippen molar-refractivity contribution in [1.82, 2.24) is 4.90 Å². The van der Waals surface area contributed by atoms with Crippen molar-refractivity contribution in [2.24, 2.45) is 0 Å². The Labute approximate surface area is 121 Å². The third-order valence-corrected chi connectivity index (χ3v) is 4.05. The summed E-state index contributed by atoms with van der Waals surface area (Å²) < 4.78 is 5.47. The Balaban J connectivity index is 1.84. The van der Waals surface area contributed by atoms with Crippen molar-refractivity contribution in [3.8, 4) is 0 Å². The van der Waals surface area contributed by atoms with Gasteiger partial charge in [-0.15, -0.1) is 0 Å². The molecule has 0 spiro atoms. The summed E-state index contributed by atoms with van der Waals surface area (Å²) in [6.07, 6.45) is 2.52. The summed E-state index contributed by atoms with van der Waals surface area (Å²) in [5.41, 5.74) is 2.66. The first-order valence-electron chi connectivity index (χ1n) is 7.53. The van der Waals surface area contributed by atoms with Crippen molar-refractivity contribution in [2.45, 2.75) is 52.1 Å². The number of hydrogen-bond donors (Lipinski definition) is 0. The molecule has 1 aromatic carbocycles. The maximum Gasteiger partial charge on any atom is 0.223 e. The van der Waals surface area contributed by atoms with Gasteiger partial charge in [-0.2, -0.15) is 0 Å². The molecule has 0 radical (unpaired) electrons. The van der Waals surface area contributed by atoms with E-state index in [1.807, 2.05) is 4.90 Å². The van der Waals surface area contributed by atoms with E-state index in [4.69, 9.17) is 4.74 Å². The molecule has 3 heteroatoms. The van der Waals surface area contributed by atoms with Crippen LogP contribution in [0.3, 0.4) is 0 Å². The number of carbonyl (C=O) groups is 1. The van der Waals surface area contributed by atoms with Crippen LogP contribution in [0.25, 0.3) is 0 Å². The summed E-state index contributed by atoms with van der Waals surface area (Å²) in [6.45, 7) is 7.58. The van der Waals surface area contributed by atoms with Gasteiger partial charge in [-0.1, -0.05) is 24.3 Å². The first-order valence-corrected chi connectivity index (χ1v) is 7.53. The van der Waals surface area contributed by atoms with Crippen LogP contribution in [0.15, 0.2) is 24.3 Å². The second-order valence-corrected chi connectivity index (χ2v) is 5.82. The highest BCUT2D eigenvalue weighted by atomic mass is 16.5. The average Bonchev–Trinajstić information content (AvgIpc) is 2.41. The third-order valence-electron chi connectivity index (χ3n) is 4.05. The standard InChI is InChI=1S/C17H25NO2/c1-13-7-4-5-8-16(13)9-6-10-17(19)18-14(2)11-20-12-15(18)3/h4-5,7-8,14-15H,6,9-12H2,1-3H3. The minimum absolute atomic E-state index is 0.199. The van der Waals surface area contributed by atoms with Gasteiger partial charge in [0.25, 0.3) is 0 Å². The molecule has 2 unspecified atom stereocenters. The molecule has 2 rings (SSSR count). The lowest BCUT2D eigenvalue weighted by Gasteiger charge is -2.39. The Hall–Kier alpha value is -1.35. The molecule has 0 bridgehead atoms. The number of hydrogen-bond acceptors (Lipinski definition) is 2. The fourth-order valence-electron chi connectivity index (χ4n) is 2.95. The predicted octanol–water partition coefficient (Wildman–Crippen LogP) is 2.95. The number of morpholine rings is 1. The van der Waals surface area contributed by atoms with Crippen LogP contribution in [0.4, 0.5) is 0 Å². The van der Waals surface area contributed by atoms with E-state index < -0.39 is 0 Å². The first kappa shape index (κ1) is 15.0. The van der Waals surface area contributed by atoms with E-state index in [-0.39, 0.29) is 18.0 Å². The first-order chi connectivity index (χ1) is 9.59. The van der Waals surface area contributed by atoms with Crippen molar-refractivity contribution in [3.63, 3.8) is 0 Å². The van der Waals surface area contributed by atoms with Crippen molar-refractivity contribution in [1.29, 1.82) is 0 Å². The Kier molecular flexibility index (Phi) is 5.18. The highest BCUT2D eigenvalue weighted by Gasteiger charge is 2.28. The molecule has 1 heterocycles. The zero-order valence-electron chi connectivity index (χ0n) is 12.8. The van der Waals surface area contributed by atoms with Crippen LogP contribution in [0.1, 0.15) is 37.8 Å². The summed E-state index contributed by atoms with van der Waals surface area (Å²) in [7, 11) is 0. The molecule has 1 aliphatic rings. The molecule has 0 aliphatic carbocycles. The quantitative estimate of drug-likeness (QED) is 0.845. The SMILES string of the molecule is Cc1ccccc1CCCC(=O)N1C(C)COCC1C. The fourth-order valence-corrected chi connectivity index (χ4v) is 2.95. The molecule has 1 amide bonds. The maximum absolute atomic E-state index is 12.4. The molecule has 0 N–H and O–H groups in total. The topological polar surface area (TPSA) is 29.5 Å². The normalized spacial score (nSPS) is 22.9. The molecule has 1 aliphatic heterocycles. The zero-order chi connectivity index (χ0) is 14.5. The van der Waals surface area contributed by atoms with Crippen LogP contribution < -0.4 is 0 Å². The molecule has 1 fully saturated rings. The number of rotatable bonds is 4. The molecule has 1 aromatic rings. The highest BCUT2D eigenvalue weighted by Crippen LogP contribution is 2.17. The van der Waals surface area contributed by atoms with Crippen LogP contribution >= 0.6 is 0 Å². The number of nitrogens with zero attached hydrogens (tertiary/aromatic N) is 1. The fraction of sp³-hybridized carbons (Fsp3) is 0.588. The molecule has 20 heavy (non-hydrogen) atoms. The third kappa shape index (κ3) is 3.60. The van der Waals surface area contributed by atoms with Gasteiger partial charge in [0.15, 0.2) is 0 Å². The summed E-state index contributed by atoms with van der Waals surface area (Å²) in [5, 5.41) is 0. The van der Waals surface area contributed by atoms with Crippen molar-refractivity contribution < 1.29 is 9.53 Å². The predicted molar refractivity (Wildman–Crippen MR) is 80.7 cm³/mol. The molecule has 1 saturated heterocycles. The minimum atomic E-state index is 0.199. The van der Waals surface area contributed by atoms with Crippen LogP contribution in [-0.4, -0.2) is 36.1 Å². The van der Waals surface area contributed by atoms with Crippen LogP contribution in [0.2, 0.25) is 0 Å². The highest BCUT2D eigenvalue weighted by molar-refractivity contribution is 5.77. The average molecular weight is 275 g/mol. The van der Waals surface area contributed by atoms with Gasteiger partial charge in [0, 0.05) is 6.42 Å². The van der Waals surface area contributed by atoms with E-state index >= 15 is 0 Å². The molecular weight excluding hydrogens is 250 g/mol. The Morgan fingerprint density at radius 1 is 1.25 bits per heavy atom. The largest absolute Gasteiger partial charge is 0.377 e. The molecule has 110 valence electrons. The number of benzene rings is 1. The van der Waals surface area contributed by atoms with Gasteiger partial charge in [-0.05, 0) is 44.7 Å². The van der Waals surface area contributed by atoms with Gasteiger partial charge in [0.2, 0.25) is 5.91 Å². The number of aryl methyl sites for hydroxylation is 2. The van der Waals surface area contributed by atoms with E-state index in [0.29, 0.717) is 19.6 Å². The number of amides is 1.